The van der Waals surface area contributed by atoms with E-state index in [0.717, 1.165) is 4.47 Å². The van der Waals surface area contributed by atoms with E-state index in [1.165, 1.54) is 7.11 Å². The Kier molecular flexibility index (Phi) is 4.61. The summed E-state index contributed by atoms with van der Waals surface area (Å²) < 4.78 is 11.1. The molecule has 1 aromatic carbocycles. The maximum Gasteiger partial charge on any atom is 0.332 e. The molecule has 0 aliphatic carbocycles. The van der Waals surface area contributed by atoms with Crippen LogP contribution in [0.3, 0.4) is 0 Å². The number of nitrogens with one attached hydrogen (secondary N) is 1. The summed E-state index contributed by atoms with van der Waals surface area (Å²) in [5.41, 5.74) is 0.559. The van der Waals surface area contributed by atoms with Crippen molar-refractivity contribution in [1.82, 2.24) is 0 Å². The lowest BCUT2D eigenvalue weighted by Gasteiger charge is -2.12. The van der Waals surface area contributed by atoms with Crippen LogP contribution in [0, 0.1) is 0 Å². The van der Waals surface area contributed by atoms with Crippen molar-refractivity contribution in [2.75, 3.05) is 12.4 Å². The number of amides is 1. The fraction of sp³-hybridized carbons (Fsp3) is 0.385. The molecule has 0 unspecified atom stereocenters. The minimum Gasteiger partial charge on any atom is -0.497 e. The van der Waals surface area contributed by atoms with Crippen LogP contribution in [0.5, 0.6) is 5.75 Å². The molecule has 1 aromatic rings. The number of methoxy groups -OCH3 is 1. The predicted octanol–water partition coefficient (Wildman–Crippen LogP) is 2.03. The number of carboxylic acid groups (broad SMARTS) is 1. The Balaban J connectivity index is 2.02. The normalized spacial score (nSPS) is 21.5. The number of halogens is 1. The summed E-state index contributed by atoms with van der Waals surface area (Å²) in [6.45, 7) is 0. The number of anilines is 1. The lowest BCUT2D eigenvalue weighted by Crippen LogP contribution is -2.29. The van der Waals surface area contributed by atoms with Crippen LogP contribution in [-0.2, 0) is 14.3 Å². The van der Waals surface area contributed by atoms with Crippen molar-refractivity contribution in [3.8, 4) is 5.75 Å². The largest absolute Gasteiger partial charge is 0.497 e. The number of aliphatic carboxylic acids is 1. The highest BCUT2D eigenvalue weighted by Gasteiger charge is 2.34. The lowest BCUT2D eigenvalue weighted by atomic mass is 10.2. The molecule has 1 fully saturated rings. The zero-order chi connectivity index (χ0) is 14.7. The molecule has 0 bridgehead atoms. The summed E-state index contributed by atoms with van der Waals surface area (Å²) in [7, 11) is 1.53. The number of benzene rings is 1. The van der Waals surface area contributed by atoms with Crippen molar-refractivity contribution in [2.45, 2.75) is 25.0 Å². The number of rotatable bonds is 4. The van der Waals surface area contributed by atoms with E-state index in [4.69, 9.17) is 14.6 Å². The highest BCUT2D eigenvalue weighted by Crippen LogP contribution is 2.26. The second-order valence-electron chi connectivity index (χ2n) is 4.40. The maximum atomic E-state index is 12.0. The average Bonchev–Trinajstić information content (AvgIpc) is 2.87. The molecule has 2 N–H and O–H groups in total. The predicted molar refractivity (Wildman–Crippen MR) is 74.9 cm³/mol. The summed E-state index contributed by atoms with van der Waals surface area (Å²) >= 11 is 3.32. The maximum absolute atomic E-state index is 12.0. The van der Waals surface area contributed by atoms with Gasteiger partial charge in [-0.05, 0) is 25.0 Å². The van der Waals surface area contributed by atoms with E-state index in [-0.39, 0.29) is 5.91 Å². The van der Waals surface area contributed by atoms with Gasteiger partial charge < -0.3 is 19.9 Å². The zero-order valence-electron chi connectivity index (χ0n) is 10.8. The second-order valence-corrected chi connectivity index (χ2v) is 5.31. The van der Waals surface area contributed by atoms with Crippen LogP contribution in [0.15, 0.2) is 22.7 Å². The standard InChI is InChI=1S/C13H14BrNO5/c1-19-9-5-7(14)4-8(6-9)15-12(16)10-2-3-11(20-10)13(17)18/h4-6,10-11H,2-3H2,1H3,(H,15,16)(H,17,18)/t10-,11+/m0/s1. The van der Waals surface area contributed by atoms with Crippen LogP contribution in [0.25, 0.3) is 0 Å². The molecule has 2 rings (SSSR count). The second kappa shape index (κ2) is 6.23. The van der Waals surface area contributed by atoms with E-state index >= 15 is 0 Å². The van der Waals surface area contributed by atoms with Gasteiger partial charge in [0.05, 0.1) is 7.11 Å². The Hall–Kier alpha value is -1.60. The Labute approximate surface area is 124 Å². The van der Waals surface area contributed by atoms with Crippen molar-refractivity contribution in [3.05, 3.63) is 22.7 Å². The molecule has 0 saturated carbocycles. The number of carbonyl (C=O) groups excluding carboxylic acids is 1. The number of carboxylic acids is 1. The van der Waals surface area contributed by atoms with Gasteiger partial charge >= 0.3 is 5.97 Å². The molecule has 20 heavy (non-hydrogen) atoms. The molecular weight excluding hydrogens is 330 g/mol. The van der Waals surface area contributed by atoms with Gasteiger partial charge in [-0.25, -0.2) is 4.79 Å². The Bertz CT molecular complexity index is 533. The topological polar surface area (TPSA) is 84.9 Å². The molecule has 1 aliphatic heterocycles. The van der Waals surface area contributed by atoms with E-state index in [2.05, 4.69) is 21.2 Å². The van der Waals surface area contributed by atoms with E-state index in [1.54, 1.807) is 18.2 Å². The highest BCUT2D eigenvalue weighted by molar-refractivity contribution is 9.10. The Morgan fingerprint density at radius 3 is 2.65 bits per heavy atom. The van der Waals surface area contributed by atoms with E-state index in [0.29, 0.717) is 24.3 Å². The average molecular weight is 344 g/mol. The summed E-state index contributed by atoms with van der Waals surface area (Å²) in [4.78, 5) is 22.8. The molecule has 0 radical (unpaired) electrons. The third-order valence-corrected chi connectivity index (χ3v) is 3.42. The van der Waals surface area contributed by atoms with E-state index in [1.807, 2.05) is 0 Å². The van der Waals surface area contributed by atoms with Crippen LogP contribution in [0.1, 0.15) is 12.8 Å². The van der Waals surface area contributed by atoms with Crippen molar-refractivity contribution >= 4 is 33.5 Å². The first-order valence-corrected chi connectivity index (χ1v) is 6.82. The van der Waals surface area contributed by atoms with Gasteiger partial charge in [0.15, 0.2) is 6.10 Å². The van der Waals surface area contributed by atoms with Crippen molar-refractivity contribution in [3.63, 3.8) is 0 Å². The van der Waals surface area contributed by atoms with Gasteiger partial charge in [-0.15, -0.1) is 0 Å². The molecular formula is C13H14BrNO5. The van der Waals surface area contributed by atoms with Crippen LogP contribution >= 0.6 is 15.9 Å². The van der Waals surface area contributed by atoms with Crippen LogP contribution in [0.2, 0.25) is 0 Å². The number of carbonyl (C=O) groups is 2. The quantitative estimate of drug-likeness (QED) is 0.873. The van der Waals surface area contributed by atoms with Gasteiger partial charge in [-0.2, -0.15) is 0 Å². The van der Waals surface area contributed by atoms with Gasteiger partial charge in [-0.3, -0.25) is 4.79 Å². The molecule has 108 valence electrons. The molecule has 7 heteroatoms. The van der Waals surface area contributed by atoms with Crippen LogP contribution < -0.4 is 10.1 Å². The summed E-state index contributed by atoms with van der Waals surface area (Å²) in [5, 5.41) is 11.5. The Morgan fingerprint density at radius 2 is 2.05 bits per heavy atom. The first kappa shape index (κ1) is 14.8. The van der Waals surface area contributed by atoms with Gasteiger partial charge in [0.2, 0.25) is 0 Å². The minimum absolute atomic E-state index is 0.342. The monoisotopic (exact) mass is 343 g/mol. The molecule has 1 saturated heterocycles. The van der Waals surface area contributed by atoms with Gasteiger partial charge in [-0.1, -0.05) is 15.9 Å². The summed E-state index contributed by atoms with van der Waals surface area (Å²) in [6.07, 6.45) is -0.896. The van der Waals surface area contributed by atoms with Crippen molar-refractivity contribution in [1.29, 1.82) is 0 Å². The lowest BCUT2D eigenvalue weighted by molar-refractivity contribution is -0.150. The fourth-order valence-corrected chi connectivity index (χ4v) is 2.46. The minimum atomic E-state index is -1.04. The molecule has 0 aromatic heterocycles. The van der Waals surface area contributed by atoms with E-state index < -0.39 is 18.2 Å². The number of hydrogen-bond acceptors (Lipinski definition) is 4. The highest BCUT2D eigenvalue weighted by atomic mass is 79.9. The van der Waals surface area contributed by atoms with Crippen LogP contribution in [-0.4, -0.2) is 36.3 Å². The molecule has 1 heterocycles. The molecule has 6 nitrogen and oxygen atoms in total. The molecule has 1 amide bonds. The first-order chi connectivity index (χ1) is 9.49. The molecule has 2 atom stereocenters. The number of hydrogen-bond donors (Lipinski definition) is 2. The third kappa shape index (κ3) is 3.49. The summed E-state index contributed by atoms with van der Waals surface area (Å²) in [5.74, 6) is -0.788. The molecule has 1 aliphatic rings. The number of ether oxygens (including phenoxy) is 2. The van der Waals surface area contributed by atoms with Crippen LogP contribution in [0.4, 0.5) is 5.69 Å². The van der Waals surface area contributed by atoms with Gasteiger partial charge in [0.25, 0.3) is 5.91 Å². The molecule has 0 spiro atoms. The van der Waals surface area contributed by atoms with Gasteiger partial charge in [0, 0.05) is 16.2 Å². The SMILES string of the molecule is COc1cc(Br)cc(NC(=O)[C@@H]2CC[C@H](C(=O)O)O2)c1. The third-order valence-electron chi connectivity index (χ3n) is 2.96. The Morgan fingerprint density at radius 1 is 1.35 bits per heavy atom. The van der Waals surface area contributed by atoms with Gasteiger partial charge in [0.1, 0.15) is 11.9 Å². The van der Waals surface area contributed by atoms with E-state index in [9.17, 15) is 9.59 Å². The first-order valence-electron chi connectivity index (χ1n) is 6.03. The summed E-state index contributed by atoms with van der Waals surface area (Å²) in [6, 6.07) is 5.17. The smallest absolute Gasteiger partial charge is 0.332 e. The van der Waals surface area contributed by atoms with Crippen molar-refractivity contribution in [2.24, 2.45) is 0 Å². The fourth-order valence-electron chi connectivity index (χ4n) is 1.99. The zero-order valence-corrected chi connectivity index (χ0v) is 12.3. The van der Waals surface area contributed by atoms with Crippen molar-refractivity contribution < 1.29 is 24.2 Å².